The average Bonchev–Trinajstić information content (AvgIpc) is 3.28. The van der Waals surface area contributed by atoms with E-state index >= 15 is 0 Å². The highest BCUT2D eigenvalue weighted by Gasteiger charge is 2.21. The first kappa shape index (κ1) is 18.5. The van der Waals surface area contributed by atoms with Crippen LogP contribution in [0.4, 0.5) is 4.79 Å². The molecule has 2 aromatic heterocycles. The number of piperazine rings is 1. The molecular formula is C16H22N6O3S. The molecular weight excluding hydrogens is 356 g/mol. The Bertz CT molecular complexity index is 724. The van der Waals surface area contributed by atoms with Crippen molar-refractivity contribution in [2.24, 2.45) is 0 Å². The van der Waals surface area contributed by atoms with Crippen LogP contribution >= 0.6 is 11.3 Å². The zero-order chi connectivity index (χ0) is 18.4. The molecule has 0 spiro atoms. The molecule has 3 amide bonds. The number of thiophene rings is 1. The van der Waals surface area contributed by atoms with Crippen LogP contribution in [0, 0.1) is 0 Å². The van der Waals surface area contributed by atoms with Gasteiger partial charge < -0.3 is 9.84 Å². The number of carbonyl (C=O) groups is 2. The third-order valence-electron chi connectivity index (χ3n) is 3.99. The zero-order valence-electron chi connectivity index (χ0n) is 14.6. The van der Waals surface area contributed by atoms with Crippen LogP contribution in [0.2, 0.25) is 0 Å². The van der Waals surface area contributed by atoms with Crippen LogP contribution in [0.25, 0.3) is 10.7 Å². The lowest BCUT2D eigenvalue weighted by molar-refractivity contribution is -0.121. The van der Waals surface area contributed by atoms with Gasteiger partial charge in [-0.05, 0) is 18.4 Å². The highest BCUT2D eigenvalue weighted by atomic mass is 32.1. The van der Waals surface area contributed by atoms with Gasteiger partial charge in [0.25, 0.3) is 0 Å². The number of amides is 3. The van der Waals surface area contributed by atoms with E-state index < -0.39 is 6.03 Å². The van der Waals surface area contributed by atoms with Crippen LogP contribution < -0.4 is 10.6 Å². The lowest BCUT2D eigenvalue weighted by atomic mass is 10.3. The lowest BCUT2D eigenvalue weighted by Crippen LogP contribution is -2.50. The fourth-order valence-electron chi connectivity index (χ4n) is 2.70. The van der Waals surface area contributed by atoms with Crippen LogP contribution in [0.5, 0.6) is 0 Å². The first-order valence-electron chi connectivity index (χ1n) is 8.53. The van der Waals surface area contributed by atoms with Crippen molar-refractivity contribution in [3.63, 3.8) is 0 Å². The van der Waals surface area contributed by atoms with Crippen molar-refractivity contribution in [2.45, 2.75) is 13.5 Å². The van der Waals surface area contributed by atoms with Crippen molar-refractivity contribution in [1.82, 2.24) is 30.6 Å². The minimum Gasteiger partial charge on any atom is -0.338 e. The number of hydrogen-bond acceptors (Lipinski definition) is 8. The highest BCUT2D eigenvalue weighted by Crippen LogP contribution is 2.21. The SMILES string of the molecule is CCNC(=O)NC(=O)CN1CCN(Cc2nc(-c3cccs3)no2)CC1. The number of hydrogen-bond donors (Lipinski definition) is 2. The fraction of sp³-hybridized carbons (Fsp3) is 0.500. The van der Waals surface area contributed by atoms with Gasteiger partial charge in [0.15, 0.2) is 0 Å². The van der Waals surface area contributed by atoms with Crippen LogP contribution in [0.15, 0.2) is 22.0 Å². The normalized spacial score (nSPS) is 15.7. The van der Waals surface area contributed by atoms with Crippen molar-refractivity contribution >= 4 is 23.3 Å². The molecule has 1 aliphatic rings. The topological polar surface area (TPSA) is 104 Å². The molecule has 3 heterocycles. The van der Waals surface area contributed by atoms with Crippen molar-refractivity contribution in [3.8, 4) is 10.7 Å². The Labute approximate surface area is 155 Å². The summed E-state index contributed by atoms with van der Waals surface area (Å²) in [6.45, 7) is 6.18. The molecule has 0 atom stereocenters. The Hall–Kier alpha value is -2.30. The lowest BCUT2D eigenvalue weighted by Gasteiger charge is -2.33. The van der Waals surface area contributed by atoms with Gasteiger partial charge in [-0.1, -0.05) is 11.2 Å². The first-order chi connectivity index (χ1) is 12.6. The van der Waals surface area contributed by atoms with E-state index in [1.807, 2.05) is 22.4 Å². The smallest absolute Gasteiger partial charge is 0.321 e. The summed E-state index contributed by atoms with van der Waals surface area (Å²) >= 11 is 1.58. The number of nitrogens with one attached hydrogen (secondary N) is 2. The Morgan fingerprint density at radius 3 is 2.73 bits per heavy atom. The van der Waals surface area contributed by atoms with Gasteiger partial charge in [0.2, 0.25) is 17.6 Å². The third kappa shape index (κ3) is 5.10. The van der Waals surface area contributed by atoms with Gasteiger partial charge in [-0.25, -0.2) is 4.79 Å². The summed E-state index contributed by atoms with van der Waals surface area (Å²) in [6, 6.07) is 3.47. The van der Waals surface area contributed by atoms with Gasteiger partial charge in [0.05, 0.1) is 18.0 Å². The quantitative estimate of drug-likeness (QED) is 0.765. The van der Waals surface area contributed by atoms with Gasteiger partial charge in [-0.3, -0.25) is 19.9 Å². The molecule has 26 heavy (non-hydrogen) atoms. The maximum absolute atomic E-state index is 11.8. The highest BCUT2D eigenvalue weighted by molar-refractivity contribution is 7.13. The number of imide groups is 1. The molecule has 2 N–H and O–H groups in total. The second-order valence-electron chi connectivity index (χ2n) is 5.95. The standard InChI is InChI=1S/C16H22N6O3S/c1-2-17-16(24)18-13(23)10-21-5-7-22(8-6-21)11-14-19-15(20-25-14)12-4-3-9-26-12/h3-4,9H,2,5-8,10-11H2,1H3,(H2,17,18,23,24). The van der Waals surface area contributed by atoms with Gasteiger partial charge in [0.1, 0.15) is 0 Å². The third-order valence-corrected chi connectivity index (χ3v) is 4.86. The van der Waals surface area contributed by atoms with Crippen molar-refractivity contribution in [1.29, 1.82) is 0 Å². The monoisotopic (exact) mass is 378 g/mol. The van der Waals surface area contributed by atoms with Crippen LogP contribution in [0.3, 0.4) is 0 Å². The molecule has 2 aromatic rings. The molecule has 1 aliphatic heterocycles. The Kier molecular flexibility index (Phi) is 6.31. The van der Waals surface area contributed by atoms with E-state index in [2.05, 4.69) is 25.7 Å². The molecule has 0 aliphatic carbocycles. The fourth-order valence-corrected chi connectivity index (χ4v) is 3.34. The van der Waals surface area contributed by atoms with E-state index in [-0.39, 0.29) is 12.5 Å². The van der Waals surface area contributed by atoms with Gasteiger partial charge in [-0.2, -0.15) is 4.98 Å². The Morgan fingerprint density at radius 2 is 2.04 bits per heavy atom. The number of rotatable bonds is 6. The Morgan fingerprint density at radius 1 is 1.27 bits per heavy atom. The summed E-state index contributed by atoms with van der Waals surface area (Å²) in [5.74, 6) is 0.924. The van der Waals surface area contributed by atoms with E-state index in [4.69, 9.17) is 4.52 Å². The van der Waals surface area contributed by atoms with Crippen molar-refractivity contribution < 1.29 is 14.1 Å². The molecule has 0 saturated carbocycles. The number of aromatic nitrogens is 2. The molecule has 0 radical (unpaired) electrons. The molecule has 0 aromatic carbocycles. The van der Waals surface area contributed by atoms with Crippen LogP contribution in [-0.2, 0) is 11.3 Å². The van der Waals surface area contributed by atoms with Gasteiger partial charge in [-0.15, -0.1) is 11.3 Å². The van der Waals surface area contributed by atoms with E-state index in [1.165, 1.54) is 0 Å². The van der Waals surface area contributed by atoms with Gasteiger partial charge >= 0.3 is 6.03 Å². The number of carbonyl (C=O) groups excluding carboxylic acids is 2. The largest absolute Gasteiger partial charge is 0.338 e. The number of urea groups is 1. The van der Waals surface area contributed by atoms with E-state index in [0.717, 1.165) is 31.1 Å². The van der Waals surface area contributed by atoms with Crippen molar-refractivity contribution in [3.05, 3.63) is 23.4 Å². The summed E-state index contributed by atoms with van der Waals surface area (Å²) < 4.78 is 5.33. The van der Waals surface area contributed by atoms with Crippen LogP contribution in [0.1, 0.15) is 12.8 Å². The van der Waals surface area contributed by atoms with E-state index in [0.29, 0.717) is 24.8 Å². The predicted molar refractivity (Wildman–Crippen MR) is 96.5 cm³/mol. The van der Waals surface area contributed by atoms with E-state index in [1.54, 1.807) is 18.3 Å². The molecule has 140 valence electrons. The number of nitrogens with zero attached hydrogens (tertiary/aromatic N) is 4. The maximum Gasteiger partial charge on any atom is 0.321 e. The summed E-state index contributed by atoms with van der Waals surface area (Å²) in [5.41, 5.74) is 0. The summed E-state index contributed by atoms with van der Waals surface area (Å²) in [5, 5.41) is 10.9. The molecule has 10 heteroatoms. The summed E-state index contributed by atoms with van der Waals surface area (Å²) in [4.78, 5) is 32.8. The summed E-state index contributed by atoms with van der Waals surface area (Å²) in [7, 11) is 0. The summed E-state index contributed by atoms with van der Waals surface area (Å²) in [6.07, 6.45) is 0. The zero-order valence-corrected chi connectivity index (χ0v) is 15.4. The molecule has 0 bridgehead atoms. The first-order valence-corrected chi connectivity index (χ1v) is 9.41. The Balaban J connectivity index is 1.41. The minimum atomic E-state index is -0.450. The average molecular weight is 378 g/mol. The van der Waals surface area contributed by atoms with Crippen LogP contribution in [-0.4, -0.2) is 71.1 Å². The van der Waals surface area contributed by atoms with Gasteiger partial charge in [0, 0.05) is 32.7 Å². The predicted octanol–water partition coefficient (Wildman–Crippen LogP) is 0.761. The van der Waals surface area contributed by atoms with E-state index in [9.17, 15) is 9.59 Å². The van der Waals surface area contributed by atoms with Crippen molar-refractivity contribution in [2.75, 3.05) is 39.3 Å². The molecule has 9 nitrogen and oxygen atoms in total. The second-order valence-corrected chi connectivity index (χ2v) is 6.90. The molecule has 1 fully saturated rings. The second kappa shape index (κ2) is 8.88. The minimum absolute atomic E-state index is 0.216. The molecule has 0 unspecified atom stereocenters. The molecule has 1 saturated heterocycles. The maximum atomic E-state index is 11.8. The molecule has 3 rings (SSSR count).